The van der Waals surface area contributed by atoms with Crippen LogP contribution in [0.4, 0.5) is 0 Å². The Balaban J connectivity index is 4.24. The molecule has 0 aromatic carbocycles. The lowest BCUT2D eigenvalue weighted by Gasteiger charge is -2.26. The van der Waals surface area contributed by atoms with Gasteiger partial charge in [-0.1, -0.05) is 194 Å². The van der Waals surface area contributed by atoms with Gasteiger partial charge in [0.15, 0.2) is 6.10 Å². The van der Waals surface area contributed by atoms with Crippen molar-refractivity contribution in [2.24, 2.45) is 0 Å². The van der Waals surface area contributed by atoms with Crippen molar-refractivity contribution in [1.82, 2.24) is 0 Å². The smallest absolute Gasteiger partial charge is 0.306 e. The molecule has 10 nitrogen and oxygen atoms in total. The molecule has 53 heavy (non-hydrogen) atoms. The molecule has 3 atom stereocenters. The van der Waals surface area contributed by atoms with E-state index in [1.165, 1.54) is 141 Å². The molecule has 0 saturated heterocycles. The van der Waals surface area contributed by atoms with Crippen LogP contribution in [0, 0.1) is 0 Å². The first kappa shape index (κ1) is 52.0. The maximum atomic E-state index is 12.6. The quantitative estimate of drug-likeness (QED) is 0.0348. The summed E-state index contributed by atoms with van der Waals surface area (Å²) < 4.78 is 32.3. The van der Waals surface area contributed by atoms with Gasteiger partial charge in [0, 0.05) is 12.8 Å². The van der Waals surface area contributed by atoms with Gasteiger partial charge in [-0.3, -0.25) is 14.2 Å². The van der Waals surface area contributed by atoms with Crippen molar-refractivity contribution >= 4 is 19.8 Å². The molecule has 316 valence electrons. The van der Waals surface area contributed by atoms with E-state index in [9.17, 15) is 24.2 Å². The fraction of sp³-hybridized carbons (Fsp3) is 0.952. The number of ether oxygens (including phenoxy) is 2. The second-order valence-corrected chi connectivity index (χ2v) is 16.5. The van der Waals surface area contributed by atoms with Crippen LogP contribution in [0.5, 0.6) is 0 Å². The van der Waals surface area contributed by atoms with Gasteiger partial charge in [0.25, 0.3) is 7.82 Å². The number of rotatable bonds is 42. The van der Waals surface area contributed by atoms with E-state index >= 15 is 0 Å². The first-order valence-electron chi connectivity index (χ1n) is 22.0. The van der Waals surface area contributed by atoms with Crippen molar-refractivity contribution in [1.29, 1.82) is 0 Å². The van der Waals surface area contributed by atoms with Gasteiger partial charge in [-0.25, -0.2) is 0 Å². The minimum atomic E-state index is -4.86. The van der Waals surface area contributed by atoms with E-state index in [1.54, 1.807) is 0 Å². The lowest BCUT2D eigenvalue weighted by atomic mass is 10.0. The van der Waals surface area contributed by atoms with Crippen LogP contribution in [0.1, 0.15) is 219 Å². The Morgan fingerprint density at radius 3 is 1.19 bits per heavy atom. The zero-order valence-electron chi connectivity index (χ0n) is 34.2. The number of hydrogen-bond acceptors (Lipinski definition) is 10. The molecule has 11 heteroatoms. The van der Waals surface area contributed by atoms with Crippen LogP contribution in [0.2, 0.25) is 0 Å². The highest BCUT2D eigenvalue weighted by Gasteiger charge is 2.21. The van der Waals surface area contributed by atoms with E-state index in [-0.39, 0.29) is 19.4 Å². The first-order chi connectivity index (χ1) is 25.7. The molecule has 0 aliphatic heterocycles. The zero-order valence-corrected chi connectivity index (χ0v) is 35.1. The van der Waals surface area contributed by atoms with Crippen LogP contribution in [0.25, 0.3) is 0 Å². The van der Waals surface area contributed by atoms with Crippen molar-refractivity contribution in [3.63, 3.8) is 0 Å². The van der Waals surface area contributed by atoms with Crippen LogP contribution in [0.3, 0.4) is 0 Å². The molecule has 0 aromatic rings. The molecule has 0 fully saturated rings. The molecule has 0 aliphatic carbocycles. The predicted molar refractivity (Wildman–Crippen MR) is 213 cm³/mol. The second-order valence-electron chi connectivity index (χ2n) is 15.1. The van der Waals surface area contributed by atoms with E-state index < -0.39 is 51.8 Å². The third kappa shape index (κ3) is 39.0. The van der Waals surface area contributed by atoms with Crippen molar-refractivity contribution < 1.29 is 47.8 Å². The van der Waals surface area contributed by atoms with Gasteiger partial charge in [0.05, 0.1) is 19.8 Å². The largest absolute Gasteiger partial charge is 0.756 e. The highest BCUT2D eigenvalue weighted by atomic mass is 31.2. The Hall–Kier alpha value is -1.03. The van der Waals surface area contributed by atoms with Gasteiger partial charge < -0.3 is 33.6 Å². The summed E-state index contributed by atoms with van der Waals surface area (Å²) in [5, 5.41) is 18.3. The third-order valence-corrected chi connectivity index (χ3v) is 10.7. The van der Waals surface area contributed by atoms with E-state index in [0.717, 1.165) is 38.5 Å². The van der Waals surface area contributed by atoms with E-state index in [2.05, 4.69) is 18.4 Å². The molecular formula is C42H82O10P-. The summed E-state index contributed by atoms with van der Waals surface area (Å²) in [7, 11) is -4.86. The number of carbonyl (C=O) groups excluding carboxylic acids is 2. The Kier molecular flexibility index (Phi) is 38.5. The molecule has 0 heterocycles. The highest BCUT2D eigenvalue weighted by Crippen LogP contribution is 2.38. The van der Waals surface area contributed by atoms with Crippen molar-refractivity contribution in [3.05, 3.63) is 0 Å². The van der Waals surface area contributed by atoms with Gasteiger partial charge in [0.1, 0.15) is 12.7 Å². The Morgan fingerprint density at radius 2 is 0.830 bits per heavy atom. The summed E-state index contributed by atoms with van der Waals surface area (Å²) in [6, 6.07) is 0. The SMILES string of the molecule is CCCCCCCCCCCCCCCCCC(=O)OC[C@H](COP(=O)([O-])OCC(O)CO)OC(=O)CCCCCCCCCCCCCCCCC. The maximum absolute atomic E-state index is 12.6. The number of aliphatic hydroxyl groups is 2. The number of unbranched alkanes of at least 4 members (excludes halogenated alkanes) is 28. The average molecular weight is 778 g/mol. The van der Waals surface area contributed by atoms with Crippen LogP contribution >= 0.6 is 7.82 Å². The summed E-state index contributed by atoms with van der Waals surface area (Å²) in [6.45, 7) is 2.24. The molecule has 0 bridgehead atoms. The normalized spacial score (nSPS) is 13.8. The molecule has 2 unspecified atom stereocenters. The number of aliphatic hydroxyl groups excluding tert-OH is 2. The maximum Gasteiger partial charge on any atom is 0.306 e. The minimum Gasteiger partial charge on any atom is -0.756 e. The second kappa shape index (κ2) is 39.2. The monoisotopic (exact) mass is 778 g/mol. The van der Waals surface area contributed by atoms with Gasteiger partial charge in [-0.15, -0.1) is 0 Å². The molecule has 0 radical (unpaired) electrons. The molecule has 0 aromatic heterocycles. The highest BCUT2D eigenvalue weighted by molar-refractivity contribution is 7.45. The number of phosphoric acid groups is 1. The van der Waals surface area contributed by atoms with Crippen molar-refractivity contribution in [2.75, 3.05) is 26.4 Å². The van der Waals surface area contributed by atoms with Crippen LogP contribution in [-0.2, 0) is 32.7 Å². The molecule has 2 N–H and O–H groups in total. The zero-order chi connectivity index (χ0) is 39.1. The number of hydrogen-bond donors (Lipinski definition) is 2. The summed E-state index contributed by atoms with van der Waals surface area (Å²) in [4.78, 5) is 37.1. The molecule has 0 spiro atoms. The van der Waals surface area contributed by atoms with Gasteiger partial charge in [-0.05, 0) is 12.8 Å². The van der Waals surface area contributed by atoms with Crippen LogP contribution < -0.4 is 4.89 Å². The minimum absolute atomic E-state index is 0.177. The number of carbonyl (C=O) groups is 2. The number of esters is 2. The fourth-order valence-electron chi connectivity index (χ4n) is 6.34. The topological polar surface area (TPSA) is 152 Å². The molecule has 0 saturated carbocycles. The third-order valence-electron chi connectivity index (χ3n) is 9.75. The Morgan fingerprint density at radius 1 is 0.509 bits per heavy atom. The molecular weight excluding hydrogens is 695 g/mol. The molecule has 0 aliphatic rings. The van der Waals surface area contributed by atoms with Crippen LogP contribution in [0.15, 0.2) is 0 Å². The standard InChI is InChI=1S/C42H83O10P/c1-3-5-7-9-11-13-15-17-19-21-23-25-27-29-31-33-41(45)49-37-40(38-51-53(47,48)50-36-39(44)35-43)52-42(46)34-32-30-28-26-24-22-20-18-16-14-12-10-8-6-4-2/h39-40,43-44H,3-38H2,1-2H3,(H,47,48)/p-1/t39?,40-/m1/s1. The number of phosphoric ester groups is 1. The van der Waals surface area contributed by atoms with E-state index in [1.807, 2.05) is 0 Å². The van der Waals surface area contributed by atoms with Crippen molar-refractivity contribution in [3.8, 4) is 0 Å². The average Bonchev–Trinajstić information content (AvgIpc) is 3.14. The lowest BCUT2D eigenvalue weighted by molar-refractivity contribution is -0.230. The first-order valence-corrected chi connectivity index (χ1v) is 23.4. The Bertz CT molecular complexity index is 858. The van der Waals surface area contributed by atoms with Gasteiger partial charge in [-0.2, -0.15) is 0 Å². The van der Waals surface area contributed by atoms with Crippen molar-refractivity contribution in [2.45, 2.75) is 232 Å². The predicted octanol–water partition coefficient (Wildman–Crippen LogP) is 10.8. The van der Waals surface area contributed by atoms with Gasteiger partial charge in [0.2, 0.25) is 0 Å². The van der Waals surface area contributed by atoms with Gasteiger partial charge >= 0.3 is 11.9 Å². The van der Waals surface area contributed by atoms with Crippen LogP contribution in [-0.4, -0.2) is 60.8 Å². The molecule has 0 rings (SSSR count). The van der Waals surface area contributed by atoms with E-state index in [4.69, 9.17) is 19.1 Å². The fourth-order valence-corrected chi connectivity index (χ4v) is 7.12. The summed E-state index contributed by atoms with van der Waals surface area (Å²) in [5.74, 6) is -0.945. The van der Waals surface area contributed by atoms with E-state index in [0.29, 0.717) is 12.8 Å². The lowest BCUT2D eigenvalue weighted by Crippen LogP contribution is -2.30. The summed E-state index contributed by atoms with van der Waals surface area (Å²) >= 11 is 0. The summed E-state index contributed by atoms with van der Waals surface area (Å²) in [5.41, 5.74) is 0. The molecule has 0 amide bonds. The summed E-state index contributed by atoms with van der Waals surface area (Å²) in [6.07, 6.45) is 34.7. The Labute approximate surface area is 324 Å².